The lowest BCUT2D eigenvalue weighted by molar-refractivity contribution is -0.126. The molecule has 0 saturated carbocycles. The Morgan fingerprint density at radius 1 is 1.12 bits per heavy atom. The first-order chi connectivity index (χ1) is 12.5. The van der Waals surface area contributed by atoms with Crippen LogP contribution in [-0.4, -0.2) is 37.5 Å². The molecule has 1 N–H and O–H groups in total. The molecule has 1 amide bonds. The van der Waals surface area contributed by atoms with Crippen LogP contribution in [0.4, 0.5) is 0 Å². The third kappa shape index (κ3) is 4.95. The Hall–Kier alpha value is -2.12. The molecule has 3 rings (SSSR count). The van der Waals surface area contributed by atoms with E-state index < -0.39 is 10.0 Å². The van der Waals surface area contributed by atoms with Crippen molar-refractivity contribution in [2.75, 3.05) is 18.8 Å². The van der Waals surface area contributed by atoms with E-state index >= 15 is 0 Å². The smallest absolute Gasteiger partial charge is 0.223 e. The number of carbonyl (C=O) groups is 1. The summed E-state index contributed by atoms with van der Waals surface area (Å²) in [5.41, 5.74) is 1.02. The van der Waals surface area contributed by atoms with Gasteiger partial charge >= 0.3 is 0 Å². The Balaban J connectivity index is 1.45. The third-order valence-electron chi connectivity index (χ3n) is 4.73. The molecule has 1 saturated heterocycles. The molecule has 2 aromatic rings. The summed E-state index contributed by atoms with van der Waals surface area (Å²) < 4.78 is 31.8. The van der Waals surface area contributed by atoms with Gasteiger partial charge in [0.2, 0.25) is 15.9 Å². The van der Waals surface area contributed by atoms with Crippen molar-refractivity contribution in [2.24, 2.45) is 5.92 Å². The lowest BCUT2D eigenvalue weighted by Gasteiger charge is -2.30. The van der Waals surface area contributed by atoms with E-state index in [9.17, 15) is 13.2 Å². The van der Waals surface area contributed by atoms with Gasteiger partial charge in [-0.15, -0.1) is 0 Å². The van der Waals surface area contributed by atoms with Crippen LogP contribution in [0.15, 0.2) is 53.1 Å². The monoisotopic (exact) mass is 376 g/mol. The zero-order valence-corrected chi connectivity index (χ0v) is 15.5. The minimum Gasteiger partial charge on any atom is -0.467 e. The number of amides is 1. The van der Waals surface area contributed by atoms with Crippen LogP contribution in [-0.2, 0) is 27.8 Å². The minimum absolute atomic E-state index is 0.0391. The molecule has 2 heterocycles. The molecule has 1 aromatic carbocycles. The predicted molar refractivity (Wildman–Crippen MR) is 98.8 cm³/mol. The van der Waals surface area contributed by atoms with E-state index in [1.165, 1.54) is 4.31 Å². The molecule has 0 atom stereocenters. The van der Waals surface area contributed by atoms with E-state index in [1.807, 2.05) is 36.4 Å². The van der Waals surface area contributed by atoms with E-state index in [0.29, 0.717) is 44.7 Å². The van der Waals surface area contributed by atoms with Gasteiger partial charge in [-0.2, -0.15) is 0 Å². The molecule has 0 bridgehead atoms. The quantitative estimate of drug-likeness (QED) is 0.803. The highest BCUT2D eigenvalue weighted by Gasteiger charge is 2.30. The summed E-state index contributed by atoms with van der Waals surface area (Å²) in [7, 11) is -3.29. The van der Waals surface area contributed by atoms with Gasteiger partial charge in [-0.3, -0.25) is 4.79 Å². The van der Waals surface area contributed by atoms with Crippen molar-refractivity contribution in [3.05, 3.63) is 60.1 Å². The molecule has 26 heavy (non-hydrogen) atoms. The van der Waals surface area contributed by atoms with Gasteiger partial charge in [-0.05, 0) is 37.0 Å². The summed E-state index contributed by atoms with van der Waals surface area (Å²) in [6, 6.07) is 13.2. The maximum Gasteiger partial charge on any atom is 0.223 e. The van der Waals surface area contributed by atoms with Crippen LogP contribution in [0.3, 0.4) is 0 Å². The highest BCUT2D eigenvalue weighted by Crippen LogP contribution is 2.21. The molecule has 0 radical (unpaired) electrons. The average molecular weight is 376 g/mol. The number of nitrogens with one attached hydrogen (secondary N) is 1. The number of nitrogens with zero attached hydrogens (tertiary/aromatic N) is 1. The molecule has 0 unspecified atom stereocenters. The second kappa shape index (κ2) is 8.51. The molecule has 1 aliphatic rings. The van der Waals surface area contributed by atoms with Crippen LogP contribution >= 0.6 is 0 Å². The number of benzene rings is 1. The molecule has 1 fully saturated rings. The first kappa shape index (κ1) is 18.7. The molecule has 0 spiro atoms. The first-order valence-corrected chi connectivity index (χ1v) is 10.5. The Labute approximate surface area is 154 Å². The standard InChI is InChI=1S/C19H24N2O4S/c22-19(20-15-18-7-4-13-25-18)17-8-11-21(12-9-17)26(23,24)14-10-16-5-2-1-3-6-16/h1-7,13,17H,8-12,14-15H2,(H,20,22). The fourth-order valence-corrected chi connectivity index (χ4v) is 4.67. The van der Waals surface area contributed by atoms with E-state index in [-0.39, 0.29) is 17.6 Å². The van der Waals surface area contributed by atoms with E-state index in [4.69, 9.17) is 4.42 Å². The molecule has 1 aromatic heterocycles. The van der Waals surface area contributed by atoms with Gasteiger partial charge in [0.25, 0.3) is 0 Å². The van der Waals surface area contributed by atoms with Crippen molar-refractivity contribution in [1.82, 2.24) is 9.62 Å². The molecule has 140 valence electrons. The molecule has 0 aliphatic carbocycles. The van der Waals surface area contributed by atoms with Crippen molar-refractivity contribution in [3.63, 3.8) is 0 Å². The van der Waals surface area contributed by atoms with Crippen LogP contribution in [0.2, 0.25) is 0 Å². The van der Waals surface area contributed by atoms with Crippen molar-refractivity contribution < 1.29 is 17.6 Å². The Kier molecular flexibility index (Phi) is 6.11. The van der Waals surface area contributed by atoms with Crippen LogP contribution < -0.4 is 5.32 Å². The first-order valence-electron chi connectivity index (χ1n) is 8.86. The highest BCUT2D eigenvalue weighted by atomic mass is 32.2. The third-order valence-corrected chi connectivity index (χ3v) is 6.60. The van der Waals surface area contributed by atoms with Crippen LogP contribution in [0, 0.1) is 5.92 Å². The number of hydrogen-bond acceptors (Lipinski definition) is 4. The predicted octanol–water partition coefficient (Wildman–Crippen LogP) is 2.18. The number of furan rings is 1. The second-order valence-corrected chi connectivity index (χ2v) is 8.61. The molecule has 1 aliphatic heterocycles. The number of aryl methyl sites for hydroxylation is 1. The number of hydrogen-bond donors (Lipinski definition) is 1. The summed E-state index contributed by atoms with van der Waals surface area (Å²) in [5, 5.41) is 2.85. The van der Waals surface area contributed by atoms with Crippen molar-refractivity contribution in [2.45, 2.75) is 25.8 Å². The highest BCUT2D eigenvalue weighted by molar-refractivity contribution is 7.89. The second-order valence-electron chi connectivity index (χ2n) is 6.52. The van der Waals surface area contributed by atoms with Crippen LogP contribution in [0.1, 0.15) is 24.2 Å². The van der Waals surface area contributed by atoms with E-state index in [0.717, 1.165) is 5.56 Å². The Morgan fingerprint density at radius 2 is 1.85 bits per heavy atom. The maximum absolute atomic E-state index is 12.5. The van der Waals surface area contributed by atoms with Crippen molar-refractivity contribution in [3.8, 4) is 0 Å². The summed E-state index contributed by atoms with van der Waals surface area (Å²) in [5.74, 6) is 0.624. The summed E-state index contributed by atoms with van der Waals surface area (Å²) in [6.07, 6.45) is 3.18. The van der Waals surface area contributed by atoms with Gasteiger partial charge in [0.1, 0.15) is 5.76 Å². The zero-order chi connectivity index (χ0) is 18.4. The molecular formula is C19H24N2O4S. The maximum atomic E-state index is 12.5. The van der Waals surface area contributed by atoms with Crippen molar-refractivity contribution >= 4 is 15.9 Å². The molecular weight excluding hydrogens is 352 g/mol. The normalized spacial score (nSPS) is 16.5. The minimum atomic E-state index is -3.29. The Bertz CT molecular complexity index is 795. The fourth-order valence-electron chi connectivity index (χ4n) is 3.15. The van der Waals surface area contributed by atoms with Gasteiger partial charge in [0.15, 0.2) is 0 Å². The van der Waals surface area contributed by atoms with Gasteiger partial charge in [0.05, 0.1) is 18.6 Å². The lowest BCUT2D eigenvalue weighted by Crippen LogP contribution is -2.43. The number of sulfonamides is 1. The summed E-state index contributed by atoms with van der Waals surface area (Å²) in [4.78, 5) is 12.2. The molecule has 6 nitrogen and oxygen atoms in total. The molecule has 7 heteroatoms. The fraction of sp³-hybridized carbons (Fsp3) is 0.421. The zero-order valence-electron chi connectivity index (χ0n) is 14.6. The lowest BCUT2D eigenvalue weighted by atomic mass is 9.97. The summed E-state index contributed by atoms with van der Waals surface area (Å²) in [6.45, 7) is 1.16. The summed E-state index contributed by atoms with van der Waals surface area (Å²) >= 11 is 0. The SMILES string of the molecule is O=C(NCc1ccco1)C1CCN(S(=O)(=O)CCc2ccccc2)CC1. The van der Waals surface area contributed by atoms with Gasteiger partial charge in [0, 0.05) is 19.0 Å². The Morgan fingerprint density at radius 3 is 2.50 bits per heavy atom. The van der Waals surface area contributed by atoms with Crippen LogP contribution in [0.5, 0.6) is 0 Å². The van der Waals surface area contributed by atoms with Crippen molar-refractivity contribution in [1.29, 1.82) is 0 Å². The van der Waals surface area contributed by atoms with Crippen LogP contribution in [0.25, 0.3) is 0 Å². The van der Waals surface area contributed by atoms with Gasteiger partial charge in [-0.25, -0.2) is 12.7 Å². The van der Waals surface area contributed by atoms with Gasteiger partial charge in [-0.1, -0.05) is 30.3 Å². The van der Waals surface area contributed by atoms with E-state index in [2.05, 4.69) is 5.32 Å². The largest absolute Gasteiger partial charge is 0.467 e. The average Bonchev–Trinajstić information content (AvgIpc) is 3.19. The number of carbonyl (C=O) groups excluding carboxylic acids is 1. The number of rotatable bonds is 7. The van der Waals surface area contributed by atoms with Gasteiger partial charge < -0.3 is 9.73 Å². The number of piperidine rings is 1. The van der Waals surface area contributed by atoms with E-state index in [1.54, 1.807) is 12.3 Å². The topological polar surface area (TPSA) is 79.6 Å².